The van der Waals surface area contributed by atoms with E-state index in [0.717, 1.165) is 17.7 Å². The summed E-state index contributed by atoms with van der Waals surface area (Å²) >= 11 is 0. The Hall–Kier alpha value is -1.12. The van der Waals surface area contributed by atoms with Crippen molar-refractivity contribution in [3.63, 3.8) is 0 Å². The van der Waals surface area contributed by atoms with Gasteiger partial charge in [-0.1, -0.05) is 64.7 Å². The summed E-state index contributed by atoms with van der Waals surface area (Å²) in [4.78, 5) is 12.1. The van der Waals surface area contributed by atoms with E-state index < -0.39 is 0 Å². The number of hydrogen-bond donors (Lipinski definition) is 0. The van der Waals surface area contributed by atoms with Gasteiger partial charge in [0.2, 0.25) is 0 Å². The monoisotopic (exact) mass is 292 g/mol. The number of ketones is 1. The number of nitrogens with zero attached hydrogens (tertiary/aromatic N) is 2. The molecular weight excluding hydrogens is 260 g/mol. The summed E-state index contributed by atoms with van der Waals surface area (Å²) in [6.07, 6.45) is 15.6. The van der Waals surface area contributed by atoms with Crippen LogP contribution >= 0.6 is 0 Å². The standard InChI is InChI=1S/C18H32N2O/c1-4-5-6-7-8-9-10-11-12-13-14-18(21)17-15-20(3)19-16(17)2/h15H,4-14H2,1-3H3. The molecule has 0 unspecified atom stereocenters. The maximum atomic E-state index is 12.1. The Balaban J connectivity index is 1.99. The highest BCUT2D eigenvalue weighted by molar-refractivity contribution is 5.96. The van der Waals surface area contributed by atoms with Crippen molar-refractivity contribution in [1.82, 2.24) is 9.78 Å². The predicted octanol–water partition coefficient (Wildman–Crippen LogP) is 5.22. The lowest BCUT2D eigenvalue weighted by atomic mass is 10.0. The Bertz CT molecular complexity index is 409. The molecule has 0 N–H and O–H groups in total. The average Bonchev–Trinajstić information content (AvgIpc) is 2.79. The largest absolute Gasteiger partial charge is 0.294 e. The molecule has 0 fully saturated rings. The number of aryl methyl sites for hydroxylation is 2. The van der Waals surface area contributed by atoms with Crippen LogP contribution in [0.2, 0.25) is 0 Å². The molecule has 3 nitrogen and oxygen atoms in total. The van der Waals surface area contributed by atoms with Crippen molar-refractivity contribution in [2.24, 2.45) is 7.05 Å². The van der Waals surface area contributed by atoms with Gasteiger partial charge in [0, 0.05) is 19.7 Å². The van der Waals surface area contributed by atoms with Crippen LogP contribution in [-0.4, -0.2) is 15.6 Å². The first-order valence-electron chi connectivity index (χ1n) is 8.68. The van der Waals surface area contributed by atoms with Crippen molar-refractivity contribution < 1.29 is 4.79 Å². The van der Waals surface area contributed by atoms with Gasteiger partial charge in [0.25, 0.3) is 0 Å². The van der Waals surface area contributed by atoms with Gasteiger partial charge in [-0.05, 0) is 13.3 Å². The number of hydrogen-bond acceptors (Lipinski definition) is 2. The van der Waals surface area contributed by atoms with E-state index >= 15 is 0 Å². The third-order valence-electron chi connectivity index (χ3n) is 4.07. The predicted molar refractivity (Wildman–Crippen MR) is 88.7 cm³/mol. The zero-order chi connectivity index (χ0) is 15.5. The van der Waals surface area contributed by atoms with E-state index in [1.165, 1.54) is 57.8 Å². The highest BCUT2D eigenvalue weighted by Crippen LogP contribution is 2.14. The van der Waals surface area contributed by atoms with Crippen LogP contribution in [0.5, 0.6) is 0 Å². The van der Waals surface area contributed by atoms with Gasteiger partial charge in [-0.3, -0.25) is 9.48 Å². The number of unbranched alkanes of at least 4 members (excludes halogenated alkanes) is 9. The second-order valence-electron chi connectivity index (χ2n) is 6.16. The molecule has 0 aliphatic rings. The van der Waals surface area contributed by atoms with Crippen molar-refractivity contribution in [2.75, 3.05) is 0 Å². The van der Waals surface area contributed by atoms with Crippen LogP contribution in [-0.2, 0) is 7.05 Å². The number of rotatable bonds is 12. The molecule has 1 aromatic heterocycles. The van der Waals surface area contributed by atoms with E-state index in [4.69, 9.17) is 0 Å². The van der Waals surface area contributed by atoms with Crippen molar-refractivity contribution in [3.05, 3.63) is 17.5 Å². The zero-order valence-electron chi connectivity index (χ0n) is 14.2. The third-order valence-corrected chi connectivity index (χ3v) is 4.07. The van der Waals surface area contributed by atoms with Crippen LogP contribution in [0, 0.1) is 6.92 Å². The molecule has 21 heavy (non-hydrogen) atoms. The summed E-state index contributed by atoms with van der Waals surface area (Å²) < 4.78 is 1.72. The molecule has 0 aliphatic carbocycles. The lowest BCUT2D eigenvalue weighted by Gasteiger charge is -2.02. The van der Waals surface area contributed by atoms with Crippen LogP contribution in [0.1, 0.15) is 93.6 Å². The molecule has 0 radical (unpaired) electrons. The summed E-state index contributed by atoms with van der Waals surface area (Å²) in [5, 5.41) is 4.23. The summed E-state index contributed by atoms with van der Waals surface area (Å²) in [5.41, 5.74) is 1.66. The van der Waals surface area contributed by atoms with Crippen LogP contribution in [0.15, 0.2) is 6.20 Å². The van der Waals surface area contributed by atoms with Gasteiger partial charge in [0.15, 0.2) is 5.78 Å². The fraction of sp³-hybridized carbons (Fsp3) is 0.778. The molecule has 1 heterocycles. The summed E-state index contributed by atoms with van der Waals surface area (Å²) in [6, 6.07) is 0. The third kappa shape index (κ3) is 7.45. The molecule has 3 heteroatoms. The second kappa shape index (κ2) is 10.6. The lowest BCUT2D eigenvalue weighted by Crippen LogP contribution is -1.99. The van der Waals surface area contributed by atoms with Gasteiger partial charge in [-0.25, -0.2) is 0 Å². The first-order chi connectivity index (χ1) is 10.1. The highest BCUT2D eigenvalue weighted by atomic mass is 16.1. The molecule has 0 spiro atoms. The maximum Gasteiger partial charge on any atom is 0.166 e. The van der Waals surface area contributed by atoms with Gasteiger partial charge >= 0.3 is 0 Å². The second-order valence-corrected chi connectivity index (χ2v) is 6.16. The van der Waals surface area contributed by atoms with Crippen molar-refractivity contribution in [1.29, 1.82) is 0 Å². The summed E-state index contributed by atoms with van der Waals surface area (Å²) in [6.45, 7) is 4.17. The fourth-order valence-electron chi connectivity index (χ4n) is 2.78. The van der Waals surface area contributed by atoms with E-state index in [1.807, 2.05) is 20.2 Å². The fourth-order valence-corrected chi connectivity index (χ4v) is 2.78. The van der Waals surface area contributed by atoms with Gasteiger partial charge in [0.05, 0.1) is 11.3 Å². The van der Waals surface area contributed by atoms with E-state index in [-0.39, 0.29) is 5.78 Å². The average molecular weight is 292 g/mol. The van der Waals surface area contributed by atoms with E-state index in [2.05, 4.69) is 12.0 Å². The van der Waals surface area contributed by atoms with Gasteiger partial charge in [0.1, 0.15) is 0 Å². The molecule has 0 saturated heterocycles. The topological polar surface area (TPSA) is 34.9 Å². The number of Topliss-reactive ketones (excluding diaryl/α,β-unsaturated/α-hetero) is 1. The summed E-state index contributed by atoms with van der Waals surface area (Å²) in [7, 11) is 1.87. The van der Waals surface area contributed by atoms with Crippen molar-refractivity contribution >= 4 is 5.78 Å². The maximum absolute atomic E-state index is 12.1. The molecular formula is C18H32N2O. The summed E-state index contributed by atoms with van der Waals surface area (Å²) in [5.74, 6) is 0.250. The molecule has 0 amide bonds. The quantitative estimate of drug-likeness (QED) is 0.391. The first kappa shape index (κ1) is 17.9. The Morgan fingerprint density at radius 1 is 1.00 bits per heavy atom. The molecule has 120 valence electrons. The minimum absolute atomic E-state index is 0.250. The number of aromatic nitrogens is 2. The molecule has 0 saturated carbocycles. The Morgan fingerprint density at radius 2 is 1.52 bits per heavy atom. The lowest BCUT2D eigenvalue weighted by molar-refractivity contribution is 0.0978. The van der Waals surface area contributed by atoms with Crippen LogP contribution in [0.25, 0.3) is 0 Å². The van der Waals surface area contributed by atoms with Crippen LogP contribution < -0.4 is 0 Å². The first-order valence-corrected chi connectivity index (χ1v) is 8.68. The minimum Gasteiger partial charge on any atom is -0.294 e. The van der Waals surface area contributed by atoms with Gasteiger partial charge < -0.3 is 0 Å². The zero-order valence-corrected chi connectivity index (χ0v) is 14.2. The van der Waals surface area contributed by atoms with E-state index in [0.29, 0.717) is 6.42 Å². The van der Waals surface area contributed by atoms with Crippen LogP contribution in [0.4, 0.5) is 0 Å². The normalized spacial score (nSPS) is 11.0. The molecule has 1 aromatic rings. The van der Waals surface area contributed by atoms with E-state index in [9.17, 15) is 4.79 Å². The molecule has 0 aromatic carbocycles. The van der Waals surface area contributed by atoms with E-state index in [1.54, 1.807) is 4.68 Å². The highest BCUT2D eigenvalue weighted by Gasteiger charge is 2.11. The molecule has 0 aliphatic heterocycles. The smallest absolute Gasteiger partial charge is 0.166 e. The Kier molecular flexibility index (Phi) is 9.04. The van der Waals surface area contributed by atoms with Crippen LogP contribution in [0.3, 0.4) is 0 Å². The molecule has 1 rings (SSSR count). The van der Waals surface area contributed by atoms with Gasteiger partial charge in [-0.2, -0.15) is 5.10 Å². The number of carbonyl (C=O) groups is 1. The minimum atomic E-state index is 0.250. The molecule has 0 bridgehead atoms. The van der Waals surface area contributed by atoms with Crippen molar-refractivity contribution in [3.8, 4) is 0 Å². The molecule has 0 atom stereocenters. The van der Waals surface area contributed by atoms with Gasteiger partial charge in [-0.15, -0.1) is 0 Å². The Labute approximate surface area is 130 Å². The SMILES string of the molecule is CCCCCCCCCCCCC(=O)c1cn(C)nc1C. The Morgan fingerprint density at radius 3 is 2.00 bits per heavy atom. The van der Waals surface area contributed by atoms with Crippen molar-refractivity contribution in [2.45, 2.75) is 84.5 Å². The number of carbonyl (C=O) groups excluding carboxylic acids is 1.